The van der Waals surface area contributed by atoms with Crippen LogP contribution in [0, 0.1) is 6.92 Å². The molecule has 2 heterocycles. The number of aryl methyl sites for hydroxylation is 1. The molecule has 1 aliphatic rings. The van der Waals surface area contributed by atoms with E-state index in [-0.39, 0.29) is 5.56 Å². The van der Waals surface area contributed by atoms with E-state index in [0.29, 0.717) is 25.9 Å². The van der Waals surface area contributed by atoms with Gasteiger partial charge in [-0.2, -0.15) is 0 Å². The standard InChI is InChI=1S/C24H27N3O2/c1-17-6-5-9-19(12-17)14-23-25-22-10-11-27(16-21(22)24(29)26-23)15-20(28)13-18-7-3-2-4-8-18/h2-9,12,20,28H,10-11,13-16H2,1H3,(H,25,26,29)/p+1/t20-/m0/s1. The second-order valence-electron chi connectivity index (χ2n) is 8.08. The summed E-state index contributed by atoms with van der Waals surface area (Å²) in [5.41, 5.74) is 5.14. The predicted molar refractivity (Wildman–Crippen MR) is 113 cm³/mol. The number of nitrogens with one attached hydrogen (secondary N) is 2. The monoisotopic (exact) mass is 390 g/mol. The highest BCUT2D eigenvalue weighted by Crippen LogP contribution is 2.10. The van der Waals surface area contributed by atoms with Gasteiger partial charge in [0.1, 0.15) is 25.0 Å². The first kappa shape index (κ1) is 19.6. The minimum absolute atomic E-state index is 0.0348. The van der Waals surface area contributed by atoms with Gasteiger partial charge < -0.3 is 15.0 Å². The Kier molecular flexibility index (Phi) is 5.88. The summed E-state index contributed by atoms with van der Waals surface area (Å²) in [6.45, 7) is 4.21. The molecule has 4 rings (SSSR count). The Hall–Kier alpha value is -2.76. The molecule has 3 aromatic rings. The van der Waals surface area contributed by atoms with Crippen LogP contribution in [0.1, 0.15) is 33.8 Å². The van der Waals surface area contributed by atoms with Crippen LogP contribution >= 0.6 is 0 Å². The normalized spacial score (nSPS) is 17.0. The van der Waals surface area contributed by atoms with Crippen LogP contribution in [-0.4, -0.2) is 34.3 Å². The number of aromatic amines is 1. The highest BCUT2D eigenvalue weighted by molar-refractivity contribution is 5.26. The number of benzene rings is 2. The summed E-state index contributed by atoms with van der Waals surface area (Å²) in [6.07, 6.45) is 1.63. The Labute approximate surface area is 171 Å². The van der Waals surface area contributed by atoms with Crippen LogP contribution in [0.5, 0.6) is 0 Å². The highest BCUT2D eigenvalue weighted by Gasteiger charge is 2.26. The second-order valence-corrected chi connectivity index (χ2v) is 8.08. The van der Waals surface area contributed by atoms with Crippen molar-refractivity contribution in [1.29, 1.82) is 0 Å². The van der Waals surface area contributed by atoms with Crippen molar-refractivity contribution >= 4 is 0 Å². The summed E-state index contributed by atoms with van der Waals surface area (Å²) in [7, 11) is 0. The van der Waals surface area contributed by atoms with Crippen molar-refractivity contribution in [1.82, 2.24) is 9.97 Å². The maximum absolute atomic E-state index is 12.7. The molecule has 150 valence electrons. The van der Waals surface area contributed by atoms with E-state index < -0.39 is 6.10 Å². The number of fused-ring (bicyclic) bond motifs is 1. The van der Waals surface area contributed by atoms with Crippen molar-refractivity contribution in [3.8, 4) is 0 Å². The van der Waals surface area contributed by atoms with Gasteiger partial charge in [0, 0.05) is 19.3 Å². The molecule has 0 saturated carbocycles. The lowest BCUT2D eigenvalue weighted by molar-refractivity contribution is -0.919. The zero-order chi connectivity index (χ0) is 20.2. The molecule has 5 nitrogen and oxygen atoms in total. The minimum atomic E-state index is -0.415. The van der Waals surface area contributed by atoms with Gasteiger partial charge in [-0.3, -0.25) is 4.79 Å². The number of H-pyrrole nitrogens is 1. The molecule has 0 amide bonds. The van der Waals surface area contributed by atoms with Crippen LogP contribution in [0.4, 0.5) is 0 Å². The molecule has 0 saturated heterocycles. The number of quaternary nitrogens is 1. The quantitative estimate of drug-likeness (QED) is 0.593. The molecule has 3 N–H and O–H groups in total. The van der Waals surface area contributed by atoms with E-state index in [9.17, 15) is 9.90 Å². The molecule has 0 spiro atoms. The molecule has 1 aliphatic heterocycles. The molecular weight excluding hydrogens is 362 g/mol. The molecular formula is C24H28N3O2+. The molecule has 1 unspecified atom stereocenters. The highest BCUT2D eigenvalue weighted by atomic mass is 16.3. The Balaban J connectivity index is 1.42. The summed E-state index contributed by atoms with van der Waals surface area (Å²) >= 11 is 0. The molecule has 5 heteroatoms. The number of rotatable bonds is 6. The van der Waals surface area contributed by atoms with Crippen LogP contribution in [0.25, 0.3) is 0 Å². The largest absolute Gasteiger partial charge is 0.387 e. The number of nitrogens with zero attached hydrogens (tertiary/aromatic N) is 1. The predicted octanol–water partition coefficient (Wildman–Crippen LogP) is 1.21. The molecule has 2 atom stereocenters. The first-order chi connectivity index (χ1) is 14.1. The molecule has 0 radical (unpaired) electrons. The summed E-state index contributed by atoms with van der Waals surface area (Å²) < 4.78 is 0. The van der Waals surface area contributed by atoms with Gasteiger partial charge >= 0.3 is 0 Å². The van der Waals surface area contributed by atoms with Crippen molar-refractivity contribution in [3.05, 3.63) is 98.7 Å². The lowest BCUT2D eigenvalue weighted by atomic mass is 10.0. The van der Waals surface area contributed by atoms with Crippen LogP contribution in [0.3, 0.4) is 0 Å². The van der Waals surface area contributed by atoms with Crippen molar-refractivity contribution in [2.24, 2.45) is 0 Å². The number of hydrogen-bond donors (Lipinski definition) is 3. The smallest absolute Gasteiger partial charge is 0.260 e. The van der Waals surface area contributed by atoms with Gasteiger partial charge in [-0.15, -0.1) is 0 Å². The Morgan fingerprint density at radius 2 is 1.93 bits per heavy atom. The molecule has 29 heavy (non-hydrogen) atoms. The maximum Gasteiger partial charge on any atom is 0.260 e. The first-order valence-electron chi connectivity index (χ1n) is 10.3. The van der Waals surface area contributed by atoms with Crippen molar-refractivity contribution in [3.63, 3.8) is 0 Å². The molecule has 2 aromatic carbocycles. The van der Waals surface area contributed by atoms with E-state index in [0.717, 1.165) is 41.2 Å². The SMILES string of the molecule is Cc1cccc(Cc2nc3c(c(=O)[nH]2)C[NH+](C[C@@H](O)Cc2ccccc2)CC3)c1. The second kappa shape index (κ2) is 8.72. The maximum atomic E-state index is 12.7. The lowest BCUT2D eigenvalue weighted by Crippen LogP contribution is -3.13. The number of aliphatic hydroxyl groups is 1. The van der Waals surface area contributed by atoms with E-state index in [1.54, 1.807) is 0 Å². The zero-order valence-corrected chi connectivity index (χ0v) is 16.8. The lowest BCUT2D eigenvalue weighted by Gasteiger charge is -2.26. The fourth-order valence-electron chi connectivity index (χ4n) is 4.18. The van der Waals surface area contributed by atoms with Crippen molar-refractivity contribution < 1.29 is 10.0 Å². The zero-order valence-electron chi connectivity index (χ0n) is 16.8. The third-order valence-corrected chi connectivity index (χ3v) is 5.58. The number of hydrogen-bond acceptors (Lipinski definition) is 3. The van der Waals surface area contributed by atoms with Gasteiger partial charge in [0.05, 0.1) is 17.8 Å². The summed E-state index contributed by atoms with van der Waals surface area (Å²) in [5, 5.41) is 10.5. The Morgan fingerprint density at radius 3 is 2.72 bits per heavy atom. The van der Waals surface area contributed by atoms with Crippen LogP contribution in [0.15, 0.2) is 59.4 Å². The van der Waals surface area contributed by atoms with Crippen molar-refractivity contribution in [2.75, 3.05) is 13.1 Å². The van der Waals surface area contributed by atoms with E-state index >= 15 is 0 Å². The number of aliphatic hydroxyl groups excluding tert-OH is 1. The van der Waals surface area contributed by atoms with E-state index in [1.165, 1.54) is 10.5 Å². The van der Waals surface area contributed by atoms with Gasteiger partial charge in [0.25, 0.3) is 5.56 Å². The van der Waals surface area contributed by atoms with Gasteiger partial charge in [-0.05, 0) is 18.1 Å². The number of aromatic nitrogens is 2. The van der Waals surface area contributed by atoms with E-state index in [4.69, 9.17) is 4.98 Å². The van der Waals surface area contributed by atoms with Crippen LogP contribution in [0.2, 0.25) is 0 Å². The Bertz CT molecular complexity index is 1030. The van der Waals surface area contributed by atoms with Gasteiger partial charge in [-0.25, -0.2) is 4.98 Å². The summed E-state index contributed by atoms with van der Waals surface area (Å²) in [4.78, 5) is 21.7. The summed E-state index contributed by atoms with van der Waals surface area (Å²) in [6, 6.07) is 18.3. The average Bonchev–Trinajstić information content (AvgIpc) is 2.69. The molecule has 0 aliphatic carbocycles. The third-order valence-electron chi connectivity index (χ3n) is 5.58. The van der Waals surface area contributed by atoms with Crippen LogP contribution in [-0.2, 0) is 25.8 Å². The fourth-order valence-corrected chi connectivity index (χ4v) is 4.18. The van der Waals surface area contributed by atoms with Gasteiger partial charge in [0.2, 0.25) is 0 Å². The Morgan fingerprint density at radius 1 is 1.14 bits per heavy atom. The van der Waals surface area contributed by atoms with Crippen molar-refractivity contribution in [2.45, 2.75) is 38.8 Å². The van der Waals surface area contributed by atoms with E-state index in [2.05, 4.69) is 30.1 Å². The van der Waals surface area contributed by atoms with Gasteiger partial charge in [-0.1, -0.05) is 60.2 Å². The minimum Gasteiger partial charge on any atom is -0.387 e. The average molecular weight is 391 g/mol. The fraction of sp³-hybridized carbons (Fsp3) is 0.333. The summed E-state index contributed by atoms with van der Waals surface area (Å²) in [5.74, 6) is 0.729. The topological polar surface area (TPSA) is 70.4 Å². The first-order valence-corrected chi connectivity index (χ1v) is 10.3. The molecule has 0 bridgehead atoms. The van der Waals surface area contributed by atoms with E-state index in [1.807, 2.05) is 36.4 Å². The van der Waals surface area contributed by atoms with Gasteiger partial charge in [0.15, 0.2) is 0 Å². The third kappa shape index (κ3) is 5.00. The molecule has 1 aromatic heterocycles. The van der Waals surface area contributed by atoms with Crippen LogP contribution < -0.4 is 10.5 Å². The molecule has 0 fully saturated rings.